The van der Waals surface area contributed by atoms with E-state index in [9.17, 15) is 9.59 Å². The molecule has 3 rings (SSSR count). The Hall–Kier alpha value is -2.62. The van der Waals surface area contributed by atoms with Crippen molar-refractivity contribution in [2.75, 3.05) is 4.90 Å². The molecule has 1 aliphatic rings. The van der Waals surface area contributed by atoms with Crippen molar-refractivity contribution in [3.63, 3.8) is 0 Å². The van der Waals surface area contributed by atoms with Gasteiger partial charge < -0.3 is 10.2 Å². The van der Waals surface area contributed by atoms with Crippen LogP contribution in [0.5, 0.6) is 0 Å². The molecule has 1 saturated heterocycles. The monoisotopic (exact) mass is 294 g/mol. The highest BCUT2D eigenvalue weighted by Crippen LogP contribution is 2.20. The molecule has 0 aliphatic carbocycles. The zero-order valence-electron chi connectivity index (χ0n) is 12.2. The molecule has 4 nitrogen and oxygen atoms in total. The molecule has 2 aromatic rings. The first-order chi connectivity index (χ1) is 10.7. The number of para-hydroxylation sites is 1. The lowest BCUT2D eigenvalue weighted by Crippen LogP contribution is -2.44. The third-order valence-electron chi connectivity index (χ3n) is 3.81. The van der Waals surface area contributed by atoms with Crippen LogP contribution in [0.15, 0.2) is 60.7 Å². The van der Waals surface area contributed by atoms with Crippen LogP contribution in [0.25, 0.3) is 0 Å². The maximum atomic E-state index is 12.8. The van der Waals surface area contributed by atoms with Gasteiger partial charge in [0, 0.05) is 12.1 Å². The average Bonchev–Trinajstić information content (AvgIpc) is 3.00. The molecule has 2 aromatic carbocycles. The van der Waals surface area contributed by atoms with Crippen molar-refractivity contribution < 1.29 is 9.59 Å². The molecule has 0 spiro atoms. The van der Waals surface area contributed by atoms with Gasteiger partial charge in [-0.05, 0) is 24.1 Å². The van der Waals surface area contributed by atoms with Crippen molar-refractivity contribution in [2.24, 2.45) is 0 Å². The summed E-state index contributed by atoms with van der Waals surface area (Å²) in [7, 11) is 0. The molecule has 1 unspecified atom stereocenters. The fourth-order valence-corrected chi connectivity index (χ4v) is 2.66. The van der Waals surface area contributed by atoms with Crippen molar-refractivity contribution in [3.8, 4) is 0 Å². The molecular formula is C18H18N2O2. The lowest BCUT2D eigenvalue weighted by Gasteiger charge is -2.26. The van der Waals surface area contributed by atoms with Gasteiger partial charge in [-0.1, -0.05) is 48.5 Å². The van der Waals surface area contributed by atoms with E-state index in [1.807, 2.05) is 60.7 Å². The Bertz CT molecular complexity index is 655. The molecule has 0 aromatic heterocycles. The minimum Gasteiger partial charge on any atom is -0.344 e. The number of nitrogens with one attached hydrogen (secondary N) is 1. The van der Waals surface area contributed by atoms with Gasteiger partial charge in [0.1, 0.15) is 6.04 Å². The number of nitrogens with zero attached hydrogens (tertiary/aromatic N) is 1. The molecular weight excluding hydrogens is 276 g/mol. The van der Waals surface area contributed by atoms with Crippen molar-refractivity contribution in [1.29, 1.82) is 0 Å². The van der Waals surface area contributed by atoms with Crippen LogP contribution in [0.4, 0.5) is 5.69 Å². The SMILES string of the molecule is O=C1CCC(C(=O)N(Cc2ccccc2)c2ccccc2)N1. The summed E-state index contributed by atoms with van der Waals surface area (Å²) in [5.74, 6) is -0.105. The van der Waals surface area contributed by atoms with E-state index in [-0.39, 0.29) is 11.8 Å². The third kappa shape index (κ3) is 3.17. The van der Waals surface area contributed by atoms with E-state index in [0.717, 1.165) is 11.3 Å². The molecule has 1 N–H and O–H groups in total. The number of carbonyl (C=O) groups excluding carboxylic acids is 2. The van der Waals surface area contributed by atoms with Gasteiger partial charge in [-0.15, -0.1) is 0 Å². The highest BCUT2D eigenvalue weighted by molar-refractivity contribution is 6.00. The predicted molar refractivity (Wildman–Crippen MR) is 85.2 cm³/mol. The highest BCUT2D eigenvalue weighted by atomic mass is 16.2. The molecule has 0 radical (unpaired) electrons. The number of rotatable bonds is 4. The van der Waals surface area contributed by atoms with Crippen LogP contribution in [-0.2, 0) is 16.1 Å². The quantitative estimate of drug-likeness (QED) is 0.942. The topological polar surface area (TPSA) is 49.4 Å². The van der Waals surface area contributed by atoms with E-state index >= 15 is 0 Å². The summed E-state index contributed by atoms with van der Waals surface area (Å²) < 4.78 is 0. The Labute approximate surface area is 129 Å². The van der Waals surface area contributed by atoms with Gasteiger partial charge in [0.2, 0.25) is 11.8 Å². The van der Waals surface area contributed by atoms with Crippen LogP contribution >= 0.6 is 0 Å². The summed E-state index contributed by atoms with van der Waals surface area (Å²) in [5, 5.41) is 2.76. The van der Waals surface area contributed by atoms with E-state index in [4.69, 9.17) is 0 Å². The van der Waals surface area contributed by atoms with Gasteiger partial charge in [-0.3, -0.25) is 9.59 Å². The van der Waals surface area contributed by atoms with E-state index in [1.54, 1.807) is 4.90 Å². The second kappa shape index (κ2) is 6.43. The Morgan fingerprint density at radius 2 is 1.68 bits per heavy atom. The standard InChI is InChI=1S/C18H18N2O2/c21-17-12-11-16(19-17)18(22)20(15-9-5-2-6-10-15)13-14-7-3-1-4-8-14/h1-10,16H,11-13H2,(H,19,21). The van der Waals surface area contributed by atoms with Crippen LogP contribution in [0.3, 0.4) is 0 Å². The maximum absolute atomic E-state index is 12.8. The van der Waals surface area contributed by atoms with Gasteiger partial charge in [-0.2, -0.15) is 0 Å². The molecule has 22 heavy (non-hydrogen) atoms. The zero-order valence-corrected chi connectivity index (χ0v) is 12.2. The lowest BCUT2D eigenvalue weighted by atomic mass is 10.1. The first-order valence-corrected chi connectivity index (χ1v) is 7.44. The van der Waals surface area contributed by atoms with Crippen LogP contribution in [0.1, 0.15) is 18.4 Å². The molecule has 2 amide bonds. The lowest BCUT2D eigenvalue weighted by molar-refractivity contribution is -0.124. The summed E-state index contributed by atoms with van der Waals surface area (Å²) >= 11 is 0. The van der Waals surface area contributed by atoms with Crippen molar-refractivity contribution >= 4 is 17.5 Å². The first-order valence-electron chi connectivity index (χ1n) is 7.44. The van der Waals surface area contributed by atoms with Gasteiger partial charge in [0.15, 0.2) is 0 Å². The number of amides is 2. The largest absolute Gasteiger partial charge is 0.344 e. The van der Waals surface area contributed by atoms with E-state index in [2.05, 4.69) is 5.32 Å². The number of anilines is 1. The van der Waals surface area contributed by atoms with E-state index < -0.39 is 6.04 Å². The van der Waals surface area contributed by atoms with Gasteiger partial charge in [0.05, 0.1) is 6.54 Å². The van der Waals surface area contributed by atoms with Crippen molar-refractivity contribution in [3.05, 3.63) is 66.2 Å². The number of carbonyl (C=O) groups is 2. The number of hydrogen-bond acceptors (Lipinski definition) is 2. The Balaban J connectivity index is 1.86. The number of hydrogen-bond donors (Lipinski definition) is 1. The molecule has 1 aliphatic heterocycles. The molecule has 1 atom stereocenters. The second-order valence-electron chi connectivity index (χ2n) is 5.40. The van der Waals surface area contributed by atoms with Crippen LogP contribution in [-0.4, -0.2) is 17.9 Å². The fourth-order valence-electron chi connectivity index (χ4n) is 2.66. The summed E-state index contributed by atoms with van der Waals surface area (Å²) in [6, 6.07) is 19.0. The highest BCUT2D eigenvalue weighted by Gasteiger charge is 2.31. The van der Waals surface area contributed by atoms with Gasteiger partial charge >= 0.3 is 0 Å². The van der Waals surface area contributed by atoms with Gasteiger partial charge in [-0.25, -0.2) is 0 Å². The molecule has 4 heteroatoms. The van der Waals surface area contributed by atoms with Crippen molar-refractivity contribution in [2.45, 2.75) is 25.4 Å². The summed E-state index contributed by atoms with van der Waals surface area (Å²) in [5.41, 5.74) is 1.90. The van der Waals surface area contributed by atoms with Crippen LogP contribution in [0.2, 0.25) is 0 Å². The van der Waals surface area contributed by atoms with Gasteiger partial charge in [0.25, 0.3) is 0 Å². The van der Waals surface area contributed by atoms with E-state index in [0.29, 0.717) is 19.4 Å². The first kappa shape index (κ1) is 14.3. The zero-order chi connectivity index (χ0) is 15.4. The normalized spacial score (nSPS) is 17.1. The maximum Gasteiger partial charge on any atom is 0.249 e. The molecule has 1 heterocycles. The fraction of sp³-hybridized carbons (Fsp3) is 0.222. The molecule has 0 bridgehead atoms. The number of benzene rings is 2. The molecule has 112 valence electrons. The minimum atomic E-state index is -0.420. The molecule has 1 fully saturated rings. The average molecular weight is 294 g/mol. The Morgan fingerprint density at radius 3 is 2.27 bits per heavy atom. The third-order valence-corrected chi connectivity index (χ3v) is 3.81. The predicted octanol–water partition coefficient (Wildman–Crippen LogP) is 2.50. The molecule has 0 saturated carbocycles. The van der Waals surface area contributed by atoms with Crippen LogP contribution < -0.4 is 10.2 Å². The van der Waals surface area contributed by atoms with Crippen molar-refractivity contribution in [1.82, 2.24) is 5.32 Å². The Morgan fingerprint density at radius 1 is 1.05 bits per heavy atom. The smallest absolute Gasteiger partial charge is 0.249 e. The summed E-state index contributed by atoms with van der Waals surface area (Å²) in [6.45, 7) is 0.496. The van der Waals surface area contributed by atoms with Crippen LogP contribution in [0, 0.1) is 0 Å². The van der Waals surface area contributed by atoms with E-state index in [1.165, 1.54) is 0 Å². The summed E-state index contributed by atoms with van der Waals surface area (Å²) in [6.07, 6.45) is 0.986. The minimum absolute atomic E-state index is 0.0499. The Kier molecular flexibility index (Phi) is 4.19. The second-order valence-corrected chi connectivity index (χ2v) is 5.40. The summed E-state index contributed by atoms with van der Waals surface area (Å²) in [4.78, 5) is 25.9.